The lowest BCUT2D eigenvalue weighted by molar-refractivity contribution is 0.0993. The number of carbonyl (C=O) groups is 1. The van der Waals surface area contributed by atoms with E-state index in [2.05, 4.69) is 15.2 Å². The number of nitrogens with one attached hydrogen (secondary N) is 1. The van der Waals surface area contributed by atoms with Crippen molar-refractivity contribution in [3.63, 3.8) is 0 Å². The summed E-state index contributed by atoms with van der Waals surface area (Å²) in [7, 11) is 1.60. The third-order valence-electron chi connectivity index (χ3n) is 4.65. The van der Waals surface area contributed by atoms with Gasteiger partial charge in [-0.25, -0.2) is 14.2 Å². The smallest absolute Gasteiger partial charge is 0.322 e. The Morgan fingerprint density at radius 2 is 2.14 bits per heavy atom. The lowest BCUT2D eigenvalue weighted by Crippen LogP contribution is -2.41. The lowest BCUT2D eigenvalue weighted by atomic mass is 10.3. The van der Waals surface area contributed by atoms with E-state index in [1.54, 1.807) is 13.1 Å². The first-order valence-corrected chi connectivity index (χ1v) is 9.52. The number of hydrogen-bond acceptors (Lipinski definition) is 6. The summed E-state index contributed by atoms with van der Waals surface area (Å²) in [6, 6.07) is 6.76. The van der Waals surface area contributed by atoms with Crippen molar-refractivity contribution in [2.45, 2.75) is 18.9 Å². The maximum Gasteiger partial charge on any atom is 0.322 e. The summed E-state index contributed by atoms with van der Waals surface area (Å²) >= 11 is 0. The summed E-state index contributed by atoms with van der Waals surface area (Å²) in [4.78, 5) is 20.0. The van der Waals surface area contributed by atoms with Crippen LogP contribution in [-0.2, 0) is 0 Å². The highest BCUT2D eigenvalue weighted by Crippen LogP contribution is 2.26. The van der Waals surface area contributed by atoms with Crippen LogP contribution in [0.4, 0.5) is 20.7 Å². The van der Waals surface area contributed by atoms with Crippen molar-refractivity contribution in [2.75, 3.05) is 44.3 Å². The Morgan fingerprint density at radius 1 is 1.38 bits per heavy atom. The molecule has 2 amide bonds. The molecule has 1 aliphatic rings. The molecule has 0 spiro atoms. The van der Waals surface area contributed by atoms with Crippen LogP contribution < -0.4 is 15.8 Å². The molecular weight excluding hydrogens is 377 g/mol. The molecule has 1 aromatic heterocycles. The number of aromatic nitrogens is 1. The van der Waals surface area contributed by atoms with Crippen molar-refractivity contribution >= 4 is 17.5 Å². The predicted octanol–water partition coefficient (Wildman–Crippen LogP) is 2.52. The lowest BCUT2D eigenvalue weighted by Gasteiger charge is -2.24. The van der Waals surface area contributed by atoms with Crippen LogP contribution in [0.25, 0.3) is 0 Å². The molecule has 2 aromatic rings. The highest BCUT2D eigenvalue weighted by atomic mass is 19.1. The molecule has 1 fully saturated rings. The topological polar surface area (TPSA) is 104 Å². The molecule has 9 heteroatoms. The second kappa shape index (κ2) is 9.53. The van der Waals surface area contributed by atoms with E-state index in [0.717, 1.165) is 25.9 Å². The number of nitrogens with two attached hydrogens (primary N) is 1. The number of benzene rings is 1. The van der Waals surface area contributed by atoms with E-state index in [1.807, 2.05) is 0 Å². The molecule has 1 aliphatic heterocycles. The minimum atomic E-state index is -0.625. The van der Waals surface area contributed by atoms with Crippen LogP contribution in [0.2, 0.25) is 0 Å². The number of aliphatic hydroxyl groups is 1. The van der Waals surface area contributed by atoms with Crippen molar-refractivity contribution in [1.82, 2.24) is 14.8 Å². The Hall–Kier alpha value is -2.91. The number of likely N-dealkylation sites (N-methyl/N-ethyl adjacent to an activating group) is 1. The third kappa shape index (κ3) is 6.03. The van der Waals surface area contributed by atoms with Crippen molar-refractivity contribution in [1.29, 1.82) is 0 Å². The van der Waals surface area contributed by atoms with Crippen LogP contribution in [0.1, 0.15) is 12.8 Å². The second-order valence-corrected chi connectivity index (χ2v) is 7.14. The number of rotatable bonds is 7. The van der Waals surface area contributed by atoms with E-state index in [0.29, 0.717) is 18.0 Å². The zero-order valence-corrected chi connectivity index (χ0v) is 16.3. The highest BCUT2D eigenvalue weighted by Gasteiger charge is 2.19. The van der Waals surface area contributed by atoms with E-state index < -0.39 is 18.0 Å². The van der Waals surface area contributed by atoms with Gasteiger partial charge >= 0.3 is 6.03 Å². The van der Waals surface area contributed by atoms with Crippen LogP contribution in [0.5, 0.6) is 11.5 Å². The number of aliphatic hydroxyl groups excluding tert-OH is 1. The van der Waals surface area contributed by atoms with Crippen LogP contribution >= 0.6 is 0 Å². The summed E-state index contributed by atoms with van der Waals surface area (Å²) in [5.41, 5.74) is 5.83. The molecule has 4 N–H and O–H groups in total. The number of nitrogen functional groups attached to an aromatic ring is 1. The summed E-state index contributed by atoms with van der Waals surface area (Å²) in [5.74, 6) is 0.00359. The van der Waals surface area contributed by atoms with E-state index in [-0.39, 0.29) is 18.1 Å². The van der Waals surface area contributed by atoms with Gasteiger partial charge in [0.15, 0.2) is 11.6 Å². The summed E-state index contributed by atoms with van der Waals surface area (Å²) < 4.78 is 19.4. The number of urea groups is 1. The van der Waals surface area contributed by atoms with Crippen LogP contribution in [0.15, 0.2) is 36.5 Å². The quantitative estimate of drug-likeness (QED) is 0.614. The molecule has 8 nitrogen and oxygen atoms in total. The summed E-state index contributed by atoms with van der Waals surface area (Å²) in [6.45, 7) is 2.72. The number of likely N-dealkylation sites (tertiary alicyclic amines) is 1. The van der Waals surface area contributed by atoms with Crippen molar-refractivity contribution in [3.8, 4) is 11.5 Å². The van der Waals surface area contributed by atoms with Gasteiger partial charge in [-0.2, -0.15) is 0 Å². The van der Waals surface area contributed by atoms with Gasteiger partial charge in [0.25, 0.3) is 0 Å². The van der Waals surface area contributed by atoms with Gasteiger partial charge in [-0.1, -0.05) is 0 Å². The number of carbonyl (C=O) groups excluding carboxylic acids is 1. The molecule has 0 radical (unpaired) electrons. The Kier molecular flexibility index (Phi) is 6.84. The largest absolute Gasteiger partial charge is 0.454 e. The fourth-order valence-corrected chi connectivity index (χ4v) is 3.19. The van der Waals surface area contributed by atoms with Crippen LogP contribution in [0, 0.1) is 5.82 Å². The molecule has 0 aliphatic carbocycles. The Bertz CT molecular complexity index is 845. The van der Waals surface area contributed by atoms with Crippen molar-refractivity contribution in [2.24, 2.45) is 0 Å². The molecule has 1 unspecified atom stereocenters. The van der Waals surface area contributed by atoms with Gasteiger partial charge in [-0.15, -0.1) is 0 Å². The van der Waals surface area contributed by atoms with Gasteiger partial charge in [0.05, 0.1) is 6.10 Å². The number of nitrogens with zero attached hydrogens (tertiary/aromatic N) is 3. The Morgan fingerprint density at radius 3 is 2.86 bits per heavy atom. The molecule has 29 heavy (non-hydrogen) atoms. The molecule has 1 atom stereocenters. The van der Waals surface area contributed by atoms with Crippen molar-refractivity contribution in [3.05, 3.63) is 42.3 Å². The van der Waals surface area contributed by atoms with E-state index in [4.69, 9.17) is 10.5 Å². The molecule has 1 saturated heterocycles. The summed E-state index contributed by atoms with van der Waals surface area (Å²) in [6.07, 6.45) is 3.11. The first-order chi connectivity index (χ1) is 13.9. The first-order valence-electron chi connectivity index (χ1n) is 9.52. The number of anilines is 2. The number of halogens is 1. The normalized spacial score (nSPS) is 15.1. The van der Waals surface area contributed by atoms with Gasteiger partial charge in [0.2, 0.25) is 0 Å². The standard InChI is InChI=1S/C20H26FN5O3/c1-25(12-15(27)13-26-8-2-3-9-26)20(28)24-19-11-16(6-7-23-19)29-18-5-4-14(22)10-17(18)21/h4-7,10-11,15,27H,2-3,8-9,12-13,22H2,1H3,(H,23,24,28). The first kappa shape index (κ1) is 20.8. The minimum absolute atomic E-state index is 0.0184. The molecule has 0 bridgehead atoms. The maximum absolute atomic E-state index is 13.9. The SMILES string of the molecule is CN(CC(O)CN1CCCC1)C(=O)Nc1cc(Oc2ccc(N)cc2F)ccn1. The average molecular weight is 403 g/mol. The Balaban J connectivity index is 1.55. The molecule has 2 heterocycles. The van der Waals surface area contributed by atoms with Crippen molar-refractivity contribution < 1.29 is 19.0 Å². The fraction of sp³-hybridized carbons (Fsp3) is 0.400. The van der Waals surface area contributed by atoms with Gasteiger partial charge in [0.1, 0.15) is 11.6 Å². The maximum atomic E-state index is 13.9. The average Bonchev–Trinajstić information content (AvgIpc) is 3.17. The number of hydrogen-bond donors (Lipinski definition) is 3. The second-order valence-electron chi connectivity index (χ2n) is 7.14. The highest BCUT2D eigenvalue weighted by molar-refractivity contribution is 5.88. The monoisotopic (exact) mass is 403 g/mol. The molecule has 1 aromatic carbocycles. The van der Waals surface area contributed by atoms with E-state index in [1.165, 1.54) is 35.4 Å². The number of ether oxygens (including phenoxy) is 1. The fourth-order valence-electron chi connectivity index (χ4n) is 3.19. The summed E-state index contributed by atoms with van der Waals surface area (Å²) in [5, 5.41) is 12.9. The van der Waals surface area contributed by atoms with Gasteiger partial charge in [0, 0.05) is 44.2 Å². The van der Waals surface area contributed by atoms with Crippen LogP contribution in [0.3, 0.4) is 0 Å². The molecule has 0 saturated carbocycles. The third-order valence-corrected chi connectivity index (χ3v) is 4.65. The number of pyridine rings is 1. The van der Waals surface area contributed by atoms with Crippen LogP contribution in [-0.4, -0.2) is 65.3 Å². The zero-order chi connectivity index (χ0) is 20.8. The molecule has 156 valence electrons. The number of β-amino-alcohol motifs (C(OH)–C–C–N with tert-alkyl or cyclic N) is 1. The molecular formula is C20H26FN5O3. The zero-order valence-electron chi connectivity index (χ0n) is 16.3. The van der Waals surface area contributed by atoms with E-state index in [9.17, 15) is 14.3 Å². The van der Waals surface area contributed by atoms with Gasteiger partial charge < -0.3 is 25.4 Å². The molecule has 3 rings (SSSR count). The van der Waals surface area contributed by atoms with Gasteiger partial charge in [-0.05, 0) is 44.1 Å². The van der Waals surface area contributed by atoms with Gasteiger partial charge in [-0.3, -0.25) is 5.32 Å². The minimum Gasteiger partial charge on any atom is -0.454 e. The van der Waals surface area contributed by atoms with E-state index >= 15 is 0 Å². The predicted molar refractivity (Wildman–Crippen MR) is 108 cm³/mol. The number of amides is 2. The Labute approximate surface area is 169 Å².